The molecule has 1 aromatic heterocycles. The van der Waals surface area contributed by atoms with Crippen LogP contribution in [0.15, 0.2) is 79.0 Å². The van der Waals surface area contributed by atoms with Crippen LogP contribution in [0.4, 0.5) is 0 Å². The van der Waals surface area contributed by atoms with E-state index >= 15 is 0 Å². The summed E-state index contributed by atoms with van der Waals surface area (Å²) in [5.41, 5.74) is 2.90. The van der Waals surface area contributed by atoms with E-state index in [9.17, 15) is 4.79 Å². The van der Waals surface area contributed by atoms with E-state index in [0.29, 0.717) is 19.0 Å². The highest BCUT2D eigenvalue weighted by Gasteiger charge is 2.00. The predicted molar refractivity (Wildman–Crippen MR) is 109 cm³/mol. The number of hydrogen-bond donors (Lipinski definition) is 1. The van der Waals surface area contributed by atoms with Gasteiger partial charge in [0.25, 0.3) is 0 Å². The van der Waals surface area contributed by atoms with Gasteiger partial charge in [-0.25, -0.2) is 4.98 Å². The molecule has 0 saturated carbocycles. The molecule has 0 spiro atoms. The monoisotopic (exact) mass is 374 g/mol. The van der Waals surface area contributed by atoms with Gasteiger partial charge in [0.05, 0.1) is 7.11 Å². The second kappa shape index (κ2) is 9.92. The second-order valence-electron chi connectivity index (χ2n) is 6.11. The summed E-state index contributed by atoms with van der Waals surface area (Å²) < 4.78 is 10.8. The lowest BCUT2D eigenvalue weighted by Gasteiger charge is -2.07. The smallest absolute Gasteiger partial charge is 0.244 e. The molecule has 2 aromatic carbocycles. The van der Waals surface area contributed by atoms with Crippen LogP contribution in [0, 0.1) is 0 Å². The molecule has 0 bridgehead atoms. The summed E-state index contributed by atoms with van der Waals surface area (Å²) in [6.45, 7) is 0.908. The molecule has 3 aromatic rings. The van der Waals surface area contributed by atoms with Crippen molar-refractivity contribution in [1.82, 2.24) is 10.3 Å². The number of nitrogens with zero attached hydrogens (tertiary/aromatic N) is 1. The van der Waals surface area contributed by atoms with Crippen molar-refractivity contribution in [1.29, 1.82) is 0 Å². The first-order valence-electron chi connectivity index (χ1n) is 8.94. The van der Waals surface area contributed by atoms with Crippen LogP contribution in [0.25, 0.3) is 6.08 Å². The molecular formula is C23H22N2O3. The predicted octanol–water partition coefficient (Wildman–Crippen LogP) is 4.00. The van der Waals surface area contributed by atoms with Crippen molar-refractivity contribution in [3.63, 3.8) is 0 Å². The first-order valence-corrected chi connectivity index (χ1v) is 8.94. The molecule has 0 unspecified atom stereocenters. The van der Waals surface area contributed by atoms with Crippen molar-refractivity contribution in [3.05, 3.63) is 95.7 Å². The Morgan fingerprint density at radius 1 is 1.04 bits per heavy atom. The van der Waals surface area contributed by atoms with Crippen molar-refractivity contribution in [2.45, 2.75) is 13.2 Å². The van der Waals surface area contributed by atoms with Crippen molar-refractivity contribution in [2.75, 3.05) is 7.11 Å². The van der Waals surface area contributed by atoms with E-state index in [2.05, 4.69) is 10.3 Å². The molecule has 0 aliphatic heterocycles. The van der Waals surface area contributed by atoms with Crippen molar-refractivity contribution >= 4 is 12.0 Å². The molecular weight excluding hydrogens is 352 g/mol. The molecule has 1 heterocycles. The Bertz CT molecular complexity index is 922. The average molecular weight is 374 g/mol. The summed E-state index contributed by atoms with van der Waals surface area (Å²) in [6.07, 6.45) is 4.95. The molecule has 0 saturated heterocycles. The third-order valence-electron chi connectivity index (χ3n) is 4.01. The minimum Gasteiger partial charge on any atom is -0.489 e. The highest BCUT2D eigenvalue weighted by molar-refractivity contribution is 5.91. The number of hydrogen-bond acceptors (Lipinski definition) is 4. The number of nitrogens with one attached hydrogen (secondary N) is 1. The van der Waals surface area contributed by atoms with E-state index in [4.69, 9.17) is 9.47 Å². The Kier molecular flexibility index (Phi) is 6.79. The fraction of sp³-hybridized carbons (Fsp3) is 0.130. The zero-order valence-corrected chi connectivity index (χ0v) is 15.7. The molecule has 5 heteroatoms. The van der Waals surface area contributed by atoms with Gasteiger partial charge < -0.3 is 14.8 Å². The number of benzene rings is 2. The minimum atomic E-state index is -0.175. The quantitative estimate of drug-likeness (QED) is 0.606. The maximum atomic E-state index is 12.0. The summed E-state index contributed by atoms with van der Waals surface area (Å²) in [6, 6.07) is 21.2. The number of carbonyl (C=O) groups is 1. The van der Waals surface area contributed by atoms with Crippen LogP contribution in [0.1, 0.15) is 16.7 Å². The highest BCUT2D eigenvalue weighted by Crippen LogP contribution is 2.16. The fourth-order valence-corrected chi connectivity index (χ4v) is 2.51. The third-order valence-corrected chi connectivity index (χ3v) is 4.01. The number of aromatic nitrogens is 1. The summed E-state index contributed by atoms with van der Waals surface area (Å²) in [5.74, 6) is 1.13. The molecule has 1 amide bonds. The number of methoxy groups -OCH3 is 1. The van der Waals surface area contributed by atoms with E-state index in [1.165, 1.54) is 6.08 Å². The van der Waals surface area contributed by atoms with Gasteiger partial charge in [-0.3, -0.25) is 4.79 Å². The topological polar surface area (TPSA) is 60.5 Å². The van der Waals surface area contributed by atoms with Crippen LogP contribution >= 0.6 is 0 Å². The normalized spacial score (nSPS) is 10.6. The van der Waals surface area contributed by atoms with Gasteiger partial charge in [0.15, 0.2) is 0 Å². The van der Waals surface area contributed by atoms with Gasteiger partial charge >= 0.3 is 0 Å². The molecule has 0 aliphatic carbocycles. The molecule has 142 valence electrons. The van der Waals surface area contributed by atoms with Crippen LogP contribution < -0.4 is 14.8 Å². The number of pyridine rings is 1. The Morgan fingerprint density at radius 2 is 1.89 bits per heavy atom. The largest absolute Gasteiger partial charge is 0.489 e. The number of ether oxygens (including phenoxy) is 2. The highest BCUT2D eigenvalue weighted by atomic mass is 16.5. The Balaban J connectivity index is 1.50. The molecule has 3 rings (SSSR count). The standard InChI is InChI=1S/C23H22N2O3/c1-27-23-13-11-20(16-25-23)15-24-22(26)12-10-18-8-5-9-21(14-18)28-17-19-6-3-2-4-7-19/h2-14,16H,15,17H2,1H3,(H,24,26)/b12-10+. The number of rotatable bonds is 8. The van der Waals surface area contributed by atoms with E-state index in [1.54, 1.807) is 25.4 Å². The molecule has 28 heavy (non-hydrogen) atoms. The van der Waals surface area contributed by atoms with Gasteiger partial charge in [-0.1, -0.05) is 48.5 Å². The zero-order valence-electron chi connectivity index (χ0n) is 15.7. The van der Waals surface area contributed by atoms with Crippen LogP contribution in [0.5, 0.6) is 11.6 Å². The molecule has 1 N–H and O–H groups in total. The lowest BCUT2D eigenvalue weighted by Crippen LogP contribution is -2.20. The minimum absolute atomic E-state index is 0.175. The second-order valence-corrected chi connectivity index (χ2v) is 6.11. The molecule has 0 aliphatic rings. The summed E-state index contributed by atoms with van der Waals surface area (Å²) >= 11 is 0. The van der Waals surface area contributed by atoms with E-state index < -0.39 is 0 Å². The molecule has 0 atom stereocenters. The van der Waals surface area contributed by atoms with Crippen molar-refractivity contribution in [3.8, 4) is 11.6 Å². The third kappa shape index (κ3) is 5.99. The fourth-order valence-electron chi connectivity index (χ4n) is 2.51. The summed E-state index contributed by atoms with van der Waals surface area (Å²) in [4.78, 5) is 16.1. The van der Waals surface area contributed by atoms with Crippen LogP contribution in [0.2, 0.25) is 0 Å². The Labute approximate surface area is 164 Å². The van der Waals surface area contributed by atoms with Gasteiger partial charge in [-0.2, -0.15) is 0 Å². The lowest BCUT2D eigenvalue weighted by molar-refractivity contribution is -0.116. The lowest BCUT2D eigenvalue weighted by atomic mass is 10.2. The van der Waals surface area contributed by atoms with E-state index in [0.717, 1.165) is 22.4 Å². The van der Waals surface area contributed by atoms with E-state index in [-0.39, 0.29) is 5.91 Å². The first-order chi connectivity index (χ1) is 13.7. The average Bonchev–Trinajstić information content (AvgIpc) is 2.76. The van der Waals surface area contributed by atoms with Gasteiger partial charge in [-0.15, -0.1) is 0 Å². The van der Waals surface area contributed by atoms with Gasteiger partial charge in [0.1, 0.15) is 12.4 Å². The first kappa shape index (κ1) is 19.2. The zero-order chi connectivity index (χ0) is 19.6. The Morgan fingerprint density at radius 3 is 2.64 bits per heavy atom. The van der Waals surface area contributed by atoms with E-state index in [1.807, 2.05) is 60.7 Å². The Hall–Kier alpha value is -3.60. The van der Waals surface area contributed by atoms with Gasteiger partial charge in [0.2, 0.25) is 11.8 Å². The molecule has 5 nitrogen and oxygen atoms in total. The van der Waals surface area contributed by atoms with Crippen LogP contribution in [-0.2, 0) is 17.9 Å². The number of amides is 1. The van der Waals surface area contributed by atoms with Gasteiger partial charge in [-0.05, 0) is 34.9 Å². The molecule has 0 radical (unpaired) electrons. The number of carbonyl (C=O) groups excluding carboxylic acids is 1. The van der Waals surface area contributed by atoms with Crippen LogP contribution in [0.3, 0.4) is 0 Å². The summed E-state index contributed by atoms with van der Waals surface area (Å²) in [7, 11) is 1.57. The van der Waals surface area contributed by atoms with Gasteiger partial charge in [0, 0.05) is 24.9 Å². The van der Waals surface area contributed by atoms with Crippen molar-refractivity contribution in [2.24, 2.45) is 0 Å². The van der Waals surface area contributed by atoms with Crippen LogP contribution in [-0.4, -0.2) is 18.0 Å². The van der Waals surface area contributed by atoms with Crippen molar-refractivity contribution < 1.29 is 14.3 Å². The maximum absolute atomic E-state index is 12.0. The molecule has 0 fully saturated rings. The summed E-state index contributed by atoms with van der Waals surface area (Å²) in [5, 5.41) is 2.83. The SMILES string of the molecule is COc1ccc(CNC(=O)/C=C/c2cccc(OCc3ccccc3)c2)cn1. The maximum Gasteiger partial charge on any atom is 0.244 e.